The second-order valence-corrected chi connectivity index (χ2v) is 5.42. The van der Waals surface area contributed by atoms with E-state index >= 15 is 0 Å². The summed E-state index contributed by atoms with van der Waals surface area (Å²) in [5, 5.41) is 4.49. The number of hydrogen-bond donors (Lipinski definition) is 1. The Hall–Kier alpha value is -1.88. The molecular weight excluding hydrogens is 267 g/mol. The molecule has 1 heterocycles. The molecule has 0 saturated heterocycles. The van der Waals surface area contributed by atoms with Crippen molar-refractivity contribution in [1.29, 1.82) is 0 Å². The molecule has 0 saturated carbocycles. The van der Waals surface area contributed by atoms with Gasteiger partial charge < -0.3 is 10.6 Å². The van der Waals surface area contributed by atoms with E-state index in [0.717, 1.165) is 35.6 Å². The molecular formula is C16H23FN4. The van der Waals surface area contributed by atoms with Crippen LogP contribution in [0.15, 0.2) is 24.3 Å². The molecule has 2 rings (SSSR count). The van der Waals surface area contributed by atoms with Crippen LogP contribution in [-0.4, -0.2) is 22.9 Å². The van der Waals surface area contributed by atoms with Crippen molar-refractivity contribution in [3.8, 4) is 0 Å². The number of hydrogen-bond acceptors (Lipinski definition) is 3. The summed E-state index contributed by atoms with van der Waals surface area (Å²) >= 11 is 0. The molecule has 1 aromatic heterocycles. The van der Waals surface area contributed by atoms with Crippen LogP contribution in [0, 0.1) is 12.7 Å². The molecule has 21 heavy (non-hydrogen) atoms. The average Bonchev–Trinajstić information content (AvgIpc) is 2.72. The van der Waals surface area contributed by atoms with Crippen molar-refractivity contribution in [3.63, 3.8) is 0 Å². The maximum absolute atomic E-state index is 13.4. The van der Waals surface area contributed by atoms with Gasteiger partial charge in [0, 0.05) is 31.4 Å². The largest absolute Gasteiger partial charge is 0.329 e. The van der Waals surface area contributed by atoms with E-state index in [1.165, 1.54) is 12.1 Å². The summed E-state index contributed by atoms with van der Waals surface area (Å²) in [4.78, 5) is 1.96. The lowest BCUT2D eigenvalue weighted by atomic mass is 10.0. The Bertz CT molecular complexity index is 621. The van der Waals surface area contributed by atoms with E-state index in [1.54, 1.807) is 6.07 Å². The Morgan fingerprint density at radius 2 is 2.14 bits per heavy atom. The molecule has 2 N–H and O–H groups in total. The standard InChI is InChI=1S/C16H23FN4/c1-5-13(18)10-15-11(2)19-21(4)16(15)20(3)14-8-6-7-12(17)9-14/h6-9,13H,5,10,18H2,1-4H3. The number of halogens is 1. The quantitative estimate of drug-likeness (QED) is 0.921. The third kappa shape index (κ3) is 3.24. The number of aromatic nitrogens is 2. The molecule has 1 unspecified atom stereocenters. The monoisotopic (exact) mass is 290 g/mol. The summed E-state index contributed by atoms with van der Waals surface area (Å²) in [7, 11) is 3.82. The first-order chi connectivity index (χ1) is 9.93. The zero-order valence-electron chi connectivity index (χ0n) is 13.1. The molecule has 2 aromatic rings. The molecule has 1 aromatic carbocycles. The van der Waals surface area contributed by atoms with Gasteiger partial charge in [-0.1, -0.05) is 13.0 Å². The van der Waals surface area contributed by atoms with Gasteiger partial charge >= 0.3 is 0 Å². The van der Waals surface area contributed by atoms with E-state index in [-0.39, 0.29) is 11.9 Å². The Balaban J connectivity index is 2.42. The van der Waals surface area contributed by atoms with Gasteiger partial charge in [-0.05, 0) is 38.0 Å². The van der Waals surface area contributed by atoms with E-state index in [0.29, 0.717) is 0 Å². The summed E-state index contributed by atoms with van der Waals surface area (Å²) in [6.45, 7) is 4.06. The van der Waals surface area contributed by atoms with Gasteiger partial charge in [-0.2, -0.15) is 5.10 Å². The third-order valence-corrected chi connectivity index (χ3v) is 3.82. The van der Waals surface area contributed by atoms with Crippen LogP contribution in [0.5, 0.6) is 0 Å². The van der Waals surface area contributed by atoms with Crippen LogP contribution in [0.4, 0.5) is 15.9 Å². The minimum absolute atomic E-state index is 0.104. The predicted molar refractivity (Wildman–Crippen MR) is 84.4 cm³/mol. The highest BCUT2D eigenvalue weighted by atomic mass is 19.1. The molecule has 0 amide bonds. The van der Waals surface area contributed by atoms with Crippen LogP contribution in [0.2, 0.25) is 0 Å². The second kappa shape index (κ2) is 6.26. The summed E-state index contributed by atoms with van der Waals surface area (Å²) in [6.07, 6.45) is 1.68. The minimum atomic E-state index is -0.245. The van der Waals surface area contributed by atoms with E-state index in [1.807, 2.05) is 36.7 Å². The zero-order valence-corrected chi connectivity index (χ0v) is 13.1. The number of nitrogens with two attached hydrogens (primary N) is 1. The van der Waals surface area contributed by atoms with Crippen LogP contribution in [0.3, 0.4) is 0 Å². The van der Waals surface area contributed by atoms with Crippen molar-refractivity contribution < 1.29 is 4.39 Å². The summed E-state index contributed by atoms with van der Waals surface area (Å²) in [5.74, 6) is 0.715. The predicted octanol–water partition coefficient (Wildman–Crippen LogP) is 2.92. The Kier molecular flexibility index (Phi) is 4.63. The Labute approximate surface area is 125 Å². The molecule has 0 fully saturated rings. The van der Waals surface area contributed by atoms with Gasteiger partial charge in [0.2, 0.25) is 0 Å². The molecule has 0 aliphatic carbocycles. The van der Waals surface area contributed by atoms with Crippen LogP contribution in [0.1, 0.15) is 24.6 Å². The fraction of sp³-hybridized carbons (Fsp3) is 0.438. The van der Waals surface area contributed by atoms with Gasteiger partial charge in [0.1, 0.15) is 11.6 Å². The van der Waals surface area contributed by atoms with Crippen molar-refractivity contribution in [2.45, 2.75) is 32.7 Å². The number of nitrogens with zero attached hydrogens (tertiary/aromatic N) is 3. The number of aryl methyl sites for hydroxylation is 2. The van der Waals surface area contributed by atoms with Crippen molar-refractivity contribution in [1.82, 2.24) is 9.78 Å². The van der Waals surface area contributed by atoms with Crippen molar-refractivity contribution in [2.24, 2.45) is 12.8 Å². The van der Waals surface area contributed by atoms with Crippen LogP contribution in [-0.2, 0) is 13.5 Å². The second-order valence-electron chi connectivity index (χ2n) is 5.42. The van der Waals surface area contributed by atoms with E-state index in [2.05, 4.69) is 12.0 Å². The van der Waals surface area contributed by atoms with Crippen LogP contribution in [0.25, 0.3) is 0 Å². The van der Waals surface area contributed by atoms with Gasteiger partial charge in [-0.15, -0.1) is 0 Å². The molecule has 0 spiro atoms. The number of rotatable bonds is 5. The smallest absolute Gasteiger partial charge is 0.134 e. The molecule has 0 bridgehead atoms. The molecule has 0 radical (unpaired) electrons. The molecule has 114 valence electrons. The lowest BCUT2D eigenvalue weighted by Crippen LogP contribution is -2.23. The summed E-state index contributed by atoms with van der Waals surface area (Å²) in [5.41, 5.74) is 8.99. The maximum atomic E-state index is 13.4. The Morgan fingerprint density at radius 1 is 1.43 bits per heavy atom. The number of anilines is 2. The average molecular weight is 290 g/mol. The molecule has 1 atom stereocenters. The van der Waals surface area contributed by atoms with Gasteiger partial charge in [0.15, 0.2) is 0 Å². The lowest BCUT2D eigenvalue weighted by Gasteiger charge is -2.22. The topological polar surface area (TPSA) is 47.1 Å². The Morgan fingerprint density at radius 3 is 2.76 bits per heavy atom. The molecule has 5 heteroatoms. The van der Waals surface area contributed by atoms with E-state index in [4.69, 9.17) is 5.73 Å². The van der Waals surface area contributed by atoms with Crippen LogP contribution >= 0.6 is 0 Å². The first-order valence-electron chi connectivity index (χ1n) is 7.21. The minimum Gasteiger partial charge on any atom is -0.329 e. The van der Waals surface area contributed by atoms with Gasteiger partial charge in [-0.3, -0.25) is 4.68 Å². The SMILES string of the molecule is CCC(N)Cc1c(C)nn(C)c1N(C)c1cccc(F)c1. The normalized spacial score (nSPS) is 12.5. The van der Waals surface area contributed by atoms with Crippen LogP contribution < -0.4 is 10.6 Å². The fourth-order valence-corrected chi connectivity index (χ4v) is 2.56. The van der Waals surface area contributed by atoms with E-state index < -0.39 is 0 Å². The highest BCUT2D eigenvalue weighted by Gasteiger charge is 2.19. The van der Waals surface area contributed by atoms with Gasteiger partial charge in [0.05, 0.1) is 5.69 Å². The molecule has 0 aliphatic heterocycles. The van der Waals surface area contributed by atoms with Gasteiger partial charge in [-0.25, -0.2) is 4.39 Å². The highest BCUT2D eigenvalue weighted by molar-refractivity contribution is 5.63. The van der Waals surface area contributed by atoms with Gasteiger partial charge in [0.25, 0.3) is 0 Å². The highest BCUT2D eigenvalue weighted by Crippen LogP contribution is 2.30. The maximum Gasteiger partial charge on any atom is 0.134 e. The van der Waals surface area contributed by atoms with E-state index in [9.17, 15) is 4.39 Å². The van der Waals surface area contributed by atoms with Crippen molar-refractivity contribution in [3.05, 3.63) is 41.3 Å². The third-order valence-electron chi connectivity index (χ3n) is 3.82. The molecule has 4 nitrogen and oxygen atoms in total. The molecule has 0 aliphatic rings. The fourth-order valence-electron chi connectivity index (χ4n) is 2.56. The zero-order chi connectivity index (χ0) is 15.6. The summed E-state index contributed by atoms with van der Waals surface area (Å²) in [6, 6.07) is 6.66. The van der Waals surface area contributed by atoms with Crippen molar-refractivity contribution in [2.75, 3.05) is 11.9 Å². The van der Waals surface area contributed by atoms with Crippen molar-refractivity contribution >= 4 is 11.5 Å². The first kappa shape index (κ1) is 15.5. The lowest BCUT2D eigenvalue weighted by molar-refractivity contribution is 0.627. The first-order valence-corrected chi connectivity index (χ1v) is 7.21. The number of benzene rings is 1. The summed E-state index contributed by atoms with van der Waals surface area (Å²) < 4.78 is 15.3.